The highest BCUT2D eigenvalue weighted by Crippen LogP contribution is 2.24. The zero-order valence-corrected chi connectivity index (χ0v) is 17.5. The van der Waals surface area contributed by atoms with Gasteiger partial charge in [-0.1, -0.05) is 42.7 Å². The molecule has 1 amide bonds. The van der Waals surface area contributed by atoms with E-state index in [4.69, 9.17) is 10.8 Å². The maximum absolute atomic E-state index is 12.5. The van der Waals surface area contributed by atoms with Gasteiger partial charge in [0, 0.05) is 18.2 Å². The number of rotatable bonds is 7. The van der Waals surface area contributed by atoms with Gasteiger partial charge in [0.15, 0.2) is 0 Å². The Kier molecular flexibility index (Phi) is 6.89. The molecule has 2 unspecified atom stereocenters. The number of hydrogen-bond acceptors (Lipinski definition) is 3. The van der Waals surface area contributed by atoms with Crippen LogP contribution in [-0.4, -0.2) is 28.3 Å². The van der Waals surface area contributed by atoms with Crippen molar-refractivity contribution in [2.75, 3.05) is 6.54 Å². The van der Waals surface area contributed by atoms with Gasteiger partial charge in [-0.3, -0.25) is 9.48 Å². The zero-order valence-electron chi connectivity index (χ0n) is 17.5. The van der Waals surface area contributed by atoms with Gasteiger partial charge < -0.3 is 11.1 Å². The number of benzene rings is 1. The first-order chi connectivity index (χ1) is 13.5. The molecule has 0 spiro atoms. The van der Waals surface area contributed by atoms with Gasteiger partial charge in [-0.2, -0.15) is 5.10 Å². The zero-order chi connectivity index (χ0) is 20.1. The fraction of sp³-hybridized carbons (Fsp3) is 0.565. The average molecular weight is 383 g/mol. The van der Waals surface area contributed by atoms with Gasteiger partial charge in [0.25, 0.3) is 0 Å². The van der Waals surface area contributed by atoms with Gasteiger partial charge in [-0.05, 0) is 63.6 Å². The Balaban J connectivity index is 1.59. The SMILES string of the molecule is Cc1ccc(Cn2nc(C)c(CCC(=O)NC3CCCCC3CN)c2C)cc1. The van der Waals surface area contributed by atoms with Crippen LogP contribution in [0.15, 0.2) is 24.3 Å². The summed E-state index contributed by atoms with van der Waals surface area (Å²) >= 11 is 0. The summed E-state index contributed by atoms with van der Waals surface area (Å²) in [5, 5.41) is 7.95. The first-order valence-electron chi connectivity index (χ1n) is 10.6. The number of aryl methyl sites for hydroxylation is 2. The van der Waals surface area contributed by atoms with Crippen molar-refractivity contribution < 1.29 is 4.79 Å². The molecule has 3 N–H and O–H groups in total. The van der Waals surface area contributed by atoms with Crippen molar-refractivity contribution in [2.24, 2.45) is 11.7 Å². The molecule has 1 saturated carbocycles. The lowest BCUT2D eigenvalue weighted by molar-refractivity contribution is -0.122. The van der Waals surface area contributed by atoms with Crippen LogP contribution in [0.2, 0.25) is 0 Å². The standard InChI is InChI=1S/C23H34N4O/c1-16-8-10-19(11-9-16)15-27-18(3)21(17(2)26-27)12-13-23(28)25-22-7-5-4-6-20(22)14-24/h8-11,20,22H,4-7,12-15,24H2,1-3H3,(H,25,28). The fourth-order valence-corrected chi connectivity index (χ4v) is 4.31. The molecule has 1 heterocycles. The monoisotopic (exact) mass is 382 g/mol. The lowest BCUT2D eigenvalue weighted by Gasteiger charge is -2.31. The average Bonchev–Trinajstić information content (AvgIpc) is 2.95. The molecular weight excluding hydrogens is 348 g/mol. The van der Waals surface area contributed by atoms with E-state index in [-0.39, 0.29) is 11.9 Å². The highest BCUT2D eigenvalue weighted by Gasteiger charge is 2.25. The summed E-state index contributed by atoms with van der Waals surface area (Å²) in [6, 6.07) is 8.81. The quantitative estimate of drug-likeness (QED) is 0.771. The van der Waals surface area contributed by atoms with Crippen LogP contribution in [0.25, 0.3) is 0 Å². The Labute approximate surface area is 168 Å². The second kappa shape index (κ2) is 9.37. The van der Waals surface area contributed by atoms with E-state index >= 15 is 0 Å². The van der Waals surface area contributed by atoms with Gasteiger partial charge in [0.05, 0.1) is 12.2 Å². The minimum absolute atomic E-state index is 0.135. The second-order valence-corrected chi connectivity index (χ2v) is 8.25. The molecular formula is C23H34N4O. The Morgan fingerprint density at radius 1 is 1.18 bits per heavy atom. The third-order valence-electron chi connectivity index (χ3n) is 6.14. The van der Waals surface area contributed by atoms with Crippen molar-refractivity contribution in [2.45, 2.75) is 71.9 Å². The first kappa shape index (κ1) is 20.6. The number of nitrogens with zero attached hydrogens (tertiary/aromatic N) is 2. The maximum Gasteiger partial charge on any atom is 0.220 e. The molecule has 2 atom stereocenters. The number of amides is 1. The molecule has 0 saturated heterocycles. The van der Waals surface area contributed by atoms with E-state index in [0.29, 0.717) is 18.9 Å². The van der Waals surface area contributed by atoms with Crippen molar-refractivity contribution >= 4 is 5.91 Å². The Morgan fingerprint density at radius 2 is 1.89 bits per heavy atom. The molecule has 1 aromatic heterocycles. The minimum Gasteiger partial charge on any atom is -0.353 e. The topological polar surface area (TPSA) is 72.9 Å². The van der Waals surface area contributed by atoms with Crippen molar-refractivity contribution in [1.82, 2.24) is 15.1 Å². The Bertz CT molecular complexity index is 794. The Morgan fingerprint density at radius 3 is 2.61 bits per heavy atom. The van der Waals surface area contributed by atoms with E-state index in [1.165, 1.54) is 29.5 Å². The first-order valence-corrected chi connectivity index (χ1v) is 10.6. The molecule has 0 bridgehead atoms. The number of carbonyl (C=O) groups is 1. The molecule has 1 fully saturated rings. The lowest BCUT2D eigenvalue weighted by Crippen LogP contribution is -2.44. The molecule has 5 heteroatoms. The normalized spacial score (nSPS) is 19.6. The van der Waals surface area contributed by atoms with Crippen LogP contribution in [0, 0.1) is 26.7 Å². The molecule has 0 aliphatic heterocycles. The van der Waals surface area contributed by atoms with Crippen LogP contribution in [0.4, 0.5) is 0 Å². The van der Waals surface area contributed by atoms with Crippen molar-refractivity contribution in [3.8, 4) is 0 Å². The summed E-state index contributed by atoms with van der Waals surface area (Å²) in [5.74, 6) is 0.564. The van der Waals surface area contributed by atoms with Gasteiger partial charge in [0.1, 0.15) is 0 Å². The highest BCUT2D eigenvalue weighted by atomic mass is 16.1. The van der Waals surface area contributed by atoms with Gasteiger partial charge in [-0.15, -0.1) is 0 Å². The largest absolute Gasteiger partial charge is 0.353 e. The highest BCUT2D eigenvalue weighted by molar-refractivity contribution is 5.76. The summed E-state index contributed by atoms with van der Waals surface area (Å²) in [5.41, 5.74) is 11.8. The van der Waals surface area contributed by atoms with Gasteiger partial charge >= 0.3 is 0 Å². The van der Waals surface area contributed by atoms with E-state index in [9.17, 15) is 4.79 Å². The van der Waals surface area contributed by atoms with Crippen molar-refractivity contribution in [3.05, 3.63) is 52.3 Å². The van der Waals surface area contributed by atoms with Gasteiger partial charge in [-0.25, -0.2) is 0 Å². The molecule has 3 rings (SSSR count). The minimum atomic E-state index is 0.135. The predicted octanol–water partition coefficient (Wildman–Crippen LogP) is 3.42. The van der Waals surface area contributed by atoms with Crippen LogP contribution < -0.4 is 11.1 Å². The van der Waals surface area contributed by atoms with E-state index < -0.39 is 0 Å². The lowest BCUT2D eigenvalue weighted by atomic mass is 9.84. The van der Waals surface area contributed by atoms with Crippen LogP contribution in [0.3, 0.4) is 0 Å². The molecule has 1 aliphatic carbocycles. The van der Waals surface area contributed by atoms with Crippen LogP contribution in [-0.2, 0) is 17.8 Å². The third kappa shape index (κ3) is 5.02. The third-order valence-corrected chi connectivity index (χ3v) is 6.14. The summed E-state index contributed by atoms with van der Waals surface area (Å²) in [6.07, 6.45) is 5.84. The number of carbonyl (C=O) groups excluding carboxylic acids is 1. The number of aromatic nitrogens is 2. The van der Waals surface area contributed by atoms with E-state index in [1.54, 1.807) is 0 Å². The molecule has 0 radical (unpaired) electrons. The predicted molar refractivity (Wildman–Crippen MR) is 113 cm³/mol. The van der Waals surface area contributed by atoms with Crippen LogP contribution in [0.5, 0.6) is 0 Å². The molecule has 2 aromatic rings. The van der Waals surface area contributed by atoms with Crippen molar-refractivity contribution in [3.63, 3.8) is 0 Å². The number of nitrogens with two attached hydrogens (primary N) is 1. The van der Waals surface area contributed by atoms with Crippen molar-refractivity contribution in [1.29, 1.82) is 0 Å². The fourth-order valence-electron chi connectivity index (χ4n) is 4.31. The van der Waals surface area contributed by atoms with Crippen LogP contribution in [0.1, 0.15) is 60.2 Å². The maximum atomic E-state index is 12.5. The molecule has 5 nitrogen and oxygen atoms in total. The second-order valence-electron chi connectivity index (χ2n) is 8.25. The van der Waals surface area contributed by atoms with Gasteiger partial charge in [0.2, 0.25) is 5.91 Å². The Hall–Kier alpha value is -2.14. The summed E-state index contributed by atoms with van der Waals surface area (Å²) in [4.78, 5) is 12.5. The number of hydrogen-bond donors (Lipinski definition) is 2. The number of nitrogens with one attached hydrogen (secondary N) is 1. The van der Waals surface area contributed by atoms with Crippen LogP contribution >= 0.6 is 0 Å². The summed E-state index contributed by atoms with van der Waals surface area (Å²) < 4.78 is 2.05. The summed E-state index contributed by atoms with van der Waals surface area (Å²) in [6.45, 7) is 7.66. The smallest absolute Gasteiger partial charge is 0.220 e. The van der Waals surface area contributed by atoms with E-state index in [2.05, 4.69) is 48.1 Å². The molecule has 1 aliphatic rings. The van der Waals surface area contributed by atoms with E-state index in [0.717, 1.165) is 37.2 Å². The van der Waals surface area contributed by atoms with E-state index in [1.807, 2.05) is 6.92 Å². The summed E-state index contributed by atoms with van der Waals surface area (Å²) in [7, 11) is 0. The molecule has 28 heavy (non-hydrogen) atoms. The molecule has 152 valence electrons. The molecule has 1 aromatic carbocycles.